The quantitative estimate of drug-likeness (QED) is 0.913. The molecule has 0 unspecified atom stereocenters. The summed E-state index contributed by atoms with van der Waals surface area (Å²) in [6.45, 7) is 1.86. The van der Waals surface area contributed by atoms with Crippen LogP contribution in [0.4, 0.5) is 8.78 Å². The molecular weight excluding hydrogens is 266 g/mol. The Morgan fingerprint density at radius 3 is 2.45 bits per heavy atom. The third kappa shape index (κ3) is 2.79. The lowest BCUT2D eigenvalue weighted by Gasteiger charge is -2.38. The van der Waals surface area contributed by atoms with Gasteiger partial charge in [-0.25, -0.2) is 0 Å². The Kier molecular flexibility index (Phi) is 3.50. The molecule has 0 aromatic heterocycles. The molecule has 0 aliphatic carbocycles. The van der Waals surface area contributed by atoms with Gasteiger partial charge >= 0.3 is 0 Å². The zero-order chi connectivity index (χ0) is 15.0. The summed E-state index contributed by atoms with van der Waals surface area (Å²) in [7, 11) is 0. The van der Waals surface area contributed by atoms with Crippen LogP contribution < -0.4 is 5.32 Å². The fraction of sp³-hybridized carbons (Fsp3) is 0.429. The smallest absolute Gasteiger partial charge is 0.290 e. The van der Waals surface area contributed by atoms with E-state index in [2.05, 4.69) is 5.32 Å². The SMILES string of the molecule is CC1(C)NC(=O)CN(CC(F)(F)c2ccccc2)C1=O. The Hall–Kier alpha value is -1.98. The van der Waals surface area contributed by atoms with Gasteiger partial charge in [0.05, 0.1) is 13.1 Å². The van der Waals surface area contributed by atoms with Crippen LogP contribution in [0.15, 0.2) is 30.3 Å². The zero-order valence-corrected chi connectivity index (χ0v) is 11.3. The van der Waals surface area contributed by atoms with Crippen LogP contribution in [0.5, 0.6) is 0 Å². The number of hydrogen-bond acceptors (Lipinski definition) is 2. The van der Waals surface area contributed by atoms with Crippen LogP contribution in [0, 0.1) is 0 Å². The Balaban J connectivity index is 2.20. The molecule has 6 heteroatoms. The maximum absolute atomic E-state index is 14.2. The highest BCUT2D eigenvalue weighted by Crippen LogP contribution is 2.30. The van der Waals surface area contributed by atoms with Gasteiger partial charge in [0.25, 0.3) is 5.92 Å². The number of piperazine rings is 1. The first kappa shape index (κ1) is 14.4. The average molecular weight is 282 g/mol. The van der Waals surface area contributed by atoms with E-state index < -0.39 is 29.8 Å². The summed E-state index contributed by atoms with van der Waals surface area (Å²) in [6.07, 6.45) is 0. The maximum atomic E-state index is 14.2. The van der Waals surface area contributed by atoms with Gasteiger partial charge in [0.2, 0.25) is 11.8 Å². The van der Waals surface area contributed by atoms with E-state index in [1.165, 1.54) is 38.1 Å². The number of nitrogens with one attached hydrogen (secondary N) is 1. The Morgan fingerprint density at radius 2 is 1.85 bits per heavy atom. The average Bonchev–Trinajstić information content (AvgIpc) is 2.35. The molecule has 1 heterocycles. The number of rotatable bonds is 3. The minimum Gasteiger partial charge on any atom is -0.341 e. The fourth-order valence-electron chi connectivity index (χ4n) is 2.22. The number of hydrogen-bond donors (Lipinski definition) is 1. The van der Waals surface area contributed by atoms with Crippen molar-refractivity contribution in [3.8, 4) is 0 Å². The van der Waals surface area contributed by atoms with Crippen molar-refractivity contribution in [3.05, 3.63) is 35.9 Å². The molecule has 0 saturated carbocycles. The summed E-state index contributed by atoms with van der Waals surface area (Å²) in [5.74, 6) is -4.13. The molecule has 2 rings (SSSR count). The molecule has 2 amide bonds. The predicted octanol–water partition coefficient (Wildman–Crippen LogP) is 1.52. The van der Waals surface area contributed by atoms with Crippen LogP contribution in [0.2, 0.25) is 0 Å². The van der Waals surface area contributed by atoms with Crippen molar-refractivity contribution >= 4 is 11.8 Å². The molecule has 0 radical (unpaired) electrons. The van der Waals surface area contributed by atoms with Gasteiger partial charge in [-0.3, -0.25) is 9.59 Å². The highest BCUT2D eigenvalue weighted by atomic mass is 19.3. The lowest BCUT2D eigenvalue weighted by molar-refractivity contribution is -0.153. The van der Waals surface area contributed by atoms with E-state index in [0.717, 1.165) is 4.90 Å². The van der Waals surface area contributed by atoms with Gasteiger partial charge in [-0.15, -0.1) is 0 Å². The van der Waals surface area contributed by atoms with Gasteiger partial charge in [0.1, 0.15) is 5.54 Å². The molecule has 20 heavy (non-hydrogen) atoms. The molecule has 108 valence electrons. The molecule has 4 nitrogen and oxygen atoms in total. The van der Waals surface area contributed by atoms with Crippen LogP contribution in [-0.2, 0) is 15.5 Å². The lowest BCUT2D eigenvalue weighted by atomic mass is 9.99. The second-order valence-corrected chi connectivity index (χ2v) is 5.40. The van der Waals surface area contributed by atoms with Gasteiger partial charge in [-0.2, -0.15) is 8.78 Å². The molecule has 1 aliphatic heterocycles. The van der Waals surface area contributed by atoms with Gasteiger partial charge in [0.15, 0.2) is 0 Å². The number of carbonyl (C=O) groups is 2. The standard InChI is InChI=1S/C14H16F2N2O2/c1-13(2)12(20)18(8-11(19)17-13)9-14(15,16)10-6-4-3-5-7-10/h3-7H,8-9H2,1-2H3,(H,17,19). The van der Waals surface area contributed by atoms with Gasteiger partial charge in [-0.05, 0) is 13.8 Å². The third-order valence-corrected chi connectivity index (χ3v) is 3.19. The van der Waals surface area contributed by atoms with Gasteiger partial charge < -0.3 is 10.2 Å². The minimum absolute atomic E-state index is 0.170. The molecular formula is C14H16F2N2O2. The van der Waals surface area contributed by atoms with E-state index in [1.54, 1.807) is 6.07 Å². The summed E-state index contributed by atoms with van der Waals surface area (Å²) in [5.41, 5.74) is -1.32. The van der Waals surface area contributed by atoms with Gasteiger partial charge in [-0.1, -0.05) is 30.3 Å². The van der Waals surface area contributed by atoms with Crippen LogP contribution in [0.3, 0.4) is 0 Å². The highest BCUT2D eigenvalue weighted by molar-refractivity contribution is 5.97. The molecule has 0 spiro atoms. The van der Waals surface area contributed by atoms with E-state index in [9.17, 15) is 18.4 Å². The van der Waals surface area contributed by atoms with Gasteiger partial charge in [0, 0.05) is 5.56 Å². The molecule has 1 aromatic carbocycles. The molecule has 0 bridgehead atoms. The van der Waals surface area contributed by atoms with E-state index >= 15 is 0 Å². The summed E-state index contributed by atoms with van der Waals surface area (Å²) in [4.78, 5) is 24.5. The van der Waals surface area contributed by atoms with Crippen LogP contribution in [0.25, 0.3) is 0 Å². The van der Waals surface area contributed by atoms with E-state index in [-0.39, 0.29) is 12.1 Å². The first-order chi connectivity index (χ1) is 9.22. The van der Waals surface area contributed by atoms with Crippen molar-refractivity contribution in [2.75, 3.05) is 13.1 Å². The lowest BCUT2D eigenvalue weighted by Crippen LogP contribution is -2.64. The second kappa shape index (κ2) is 4.85. The molecule has 1 fully saturated rings. The summed E-state index contributed by atoms with van der Waals surface area (Å²) < 4.78 is 28.3. The molecule has 1 aromatic rings. The highest BCUT2D eigenvalue weighted by Gasteiger charge is 2.44. The summed E-state index contributed by atoms with van der Waals surface area (Å²) in [6, 6.07) is 7.28. The van der Waals surface area contributed by atoms with E-state index in [1.807, 2.05) is 0 Å². The Labute approximate surface area is 115 Å². The first-order valence-corrected chi connectivity index (χ1v) is 6.26. The minimum atomic E-state index is -3.19. The van der Waals surface area contributed by atoms with Crippen LogP contribution >= 0.6 is 0 Å². The van der Waals surface area contributed by atoms with Crippen molar-refractivity contribution in [2.45, 2.75) is 25.3 Å². The molecule has 1 N–H and O–H groups in total. The number of alkyl halides is 2. The summed E-state index contributed by atoms with van der Waals surface area (Å²) in [5, 5.41) is 2.49. The van der Waals surface area contributed by atoms with E-state index in [4.69, 9.17) is 0 Å². The third-order valence-electron chi connectivity index (χ3n) is 3.19. The predicted molar refractivity (Wildman–Crippen MR) is 69.1 cm³/mol. The molecule has 1 aliphatic rings. The van der Waals surface area contributed by atoms with Crippen LogP contribution in [-0.4, -0.2) is 35.3 Å². The normalized spacial score (nSPS) is 18.9. The van der Waals surface area contributed by atoms with Crippen LogP contribution in [0.1, 0.15) is 19.4 Å². The monoisotopic (exact) mass is 282 g/mol. The number of benzene rings is 1. The largest absolute Gasteiger partial charge is 0.341 e. The Morgan fingerprint density at radius 1 is 1.25 bits per heavy atom. The topological polar surface area (TPSA) is 49.4 Å². The molecule has 1 saturated heterocycles. The first-order valence-electron chi connectivity index (χ1n) is 6.26. The zero-order valence-electron chi connectivity index (χ0n) is 11.3. The van der Waals surface area contributed by atoms with Crippen molar-refractivity contribution < 1.29 is 18.4 Å². The second-order valence-electron chi connectivity index (χ2n) is 5.40. The van der Waals surface area contributed by atoms with Crippen molar-refractivity contribution in [1.29, 1.82) is 0 Å². The Bertz CT molecular complexity index is 529. The number of nitrogens with zero attached hydrogens (tertiary/aromatic N) is 1. The van der Waals surface area contributed by atoms with Crippen molar-refractivity contribution in [2.24, 2.45) is 0 Å². The molecule has 0 atom stereocenters. The van der Waals surface area contributed by atoms with Crippen molar-refractivity contribution in [3.63, 3.8) is 0 Å². The number of halogens is 2. The fourth-order valence-corrected chi connectivity index (χ4v) is 2.22. The van der Waals surface area contributed by atoms with E-state index in [0.29, 0.717) is 0 Å². The van der Waals surface area contributed by atoms with Crippen molar-refractivity contribution in [1.82, 2.24) is 10.2 Å². The summed E-state index contributed by atoms with van der Waals surface area (Å²) >= 11 is 0. The maximum Gasteiger partial charge on any atom is 0.290 e. The number of carbonyl (C=O) groups excluding carboxylic acids is 2. The number of amides is 2.